The molecule has 0 radical (unpaired) electrons. The summed E-state index contributed by atoms with van der Waals surface area (Å²) >= 11 is 6.10. The minimum Gasteiger partial charge on any atom is -0.392 e. The summed E-state index contributed by atoms with van der Waals surface area (Å²) in [5.74, 6) is 0. The lowest BCUT2D eigenvalue weighted by Gasteiger charge is -2.18. The summed E-state index contributed by atoms with van der Waals surface area (Å²) < 4.78 is 0. The average molecular weight is 254 g/mol. The van der Waals surface area contributed by atoms with Crippen molar-refractivity contribution >= 4 is 11.6 Å². The third-order valence-corrected chi connectivity index (χ3v) is 3.08. The van der Waals surface area contributed by atoms with Crippen LogP contribution in [-0.2, 0) is 0 Å². The molecule has 0 fully saturated rings. The van der Waals surface area contributed by atoms with Crippen LogP contribution in [0.2, 0.25) is 5.02 Å². The van der Waals surface area contributed by atoms with E-state index in [0.29, 0.717) is 6.54 Å². The van der Waals surface area contributed by atoms with Gasteiger partial charge in [0.25, 0.3) is 0 Å². The second-order valence-corrected chi connectivity index (χ2v) is 4.58. The molecule has 0 aliphatic rings. The van der Waals surface area contributed by atoms with Gasteiger partial charge in [-0.1, -0.05) is 35.9 Å². The number of benzene rings is 1. The van der Waals surface area contributed by atoms with Gasteiger partial charge in [-0.25, -0.2) is 0 Å². The molecule has 3 heteroatoms. The maximum Gasteiger partial charge on any atom is 0.0667 e. The van der Waals surface area contributed by atoms with Crippen LogP contribution < -0.4 is 5.32 Å². The minimum atomic E-state index is -0.335. The highest BCUT2D eigenvalue weighted by Crippen LogP contribution is 2.21. The van der Waals surface area contributed by atoms with Gasteiger partial charge in [0.2, 0.25) is 0 Å². The Kier molecular flexibility index (Phi) is 6.27. The van der Waals surface area contributed by atoms with E-state index in [0.717, 1.165) is 23.4 Å². The van der Waals surface area contributed by atoms with Gasteiger partial charge in [0.15, 0.2) is 0 Å². The predicted octanol–water partition coefficient (Wildman–Crippen LogP) is 3.32. The number of aliphatic hydroxyl groups excluding tert-OH is 1. The standard InChI is InChI=1S/C14H20ClNO/c1-3-4-7-12(17)10-16-11(2)13-8-5-6-9-14(13)15/h3,5-6,8-9,11-12,16-17H,1,4,7,10H2,2H3. The van der Waals surface area contributed by atoms with Gasteiger partial charge in [-0.15, -0.1) is 6.58 Å². The Morgan fingerprint density at radius 3 is 2.82 bits per heavy atom. The Bertz CT molecular complexity index is 354. The summed E-state index contributed by atoms with van der Waals surface area (Å²) in [6.45, 7) is 6.25. The topological polar surface area (TPSA) is 32.3 Å². The fourth-order valence-electron chi connectivity index (χ4n) is 1.66. The molecule has 0 saturated heterocycles. The first kappa shape index (κ1) is 14.2. The van der Waals surface area contributed by atoms with Gasteiger partial charge in [0.1, 0.15) is 0 Å². The third-order valence-electron chi connectivity index (χ3n) is 2.74. The van der Waals surface area contributed by atoms with E-state index in [4.69, 9.17) is 11.6 Å². The van der Waals surface area contributed by atoms with Gasteiger partial charge in [0.05, 0.1) is 6.10 Å². The van der Waals surface area contributed by atoms with Crippen molar-refractivity contribution in [2.45, 2.75) is 31.9 Å². The summed E-state index contributed by atoms with van der Waals surface area (Å²) in [5.41, 5.74) is 1.06. The average Bonchev–Trinajstić information content (AvgIpc) is 2.34. The van der Waals surface area contributed by atoms with Crippen LogP contribution in [0.5, 0.6) is 0 Å². The maximum absolute atomic E-state index is 9.70. The van der Waals surface area contributed by atoms with Crippen LogP contribution in [-0.4, -0.2) is 17.8 Å². The van der Waals surface area contributed by atoms with Crippen molar-refractivity contribution in [2.75, 3.05) is 6.54 Å². The highest BCUT2D eigenvalue weighted by Gasteiger charge is 2.10. The SMILES string of the molecule is C=CCCC(O)CNC(C)c1ccccc1Cl. The van der Waals surface area contributed by atoms with Gasteiger partial charge in [0, 0.05) is 17.6 Å². The van der Waals surface area contributed by atoms with Crippen LogP contribution >= 0.6 is 11.6 Å². The molecule has 0 bridgehead atoms. The van der Waals surface area contributed by atoms with Crippen LogP contribution in [0.15, 0.2) is 36.9 Å². The van der Waals surface area contributed by atoms with Gasteiger partial charge in [-0.05, 0) is 31.4 Å². The lowest BCUT2D eigenvalue weighted by molar-refractivity contribution is 0.159. The normalized spacial score (nSPS) is 14.3. The molecule has 1 aromatic rings. The molecular weight excluding hydrogens is 234 g/mol. The van der Waals surface area contributed by atoms with E-state index in [1.807, 2.05) is 37.3 Å². The van der Waals surface area contributed by atoms with E-state index in [-0.39, 0.29) is 12.1 Å². The fourth-order valence-corrected chi connectivity index (χ4v) is 1.96. The molecule has 1 rings (SSSR count). The minimum absolute atomic E-state index is 0.141. The van der Waals surface area contributed by atoms with E-state index in [2.05, 4.69) is 11.9 Å². The zero-order chi connectivity index (χ0) is 12.7. The summed E-state index contributed by atoms with van der Waals surface area (Å²) in [7, 11) is 0. The van der Waals surface area contributed by atoms with E-state index < -0.39 is 0 Å². The largest absolute Gasteiger partial charge is 0.392 e. The highest BCUT2D eigenvalue weighted by molar-refractivity contribution is 6.31. The number of hydrogen-bond acceptors (Lipinski definition) is 2. The van der Waals surface area contributed by atoms with Crippen LogP contribution in [0.1, 0.15) is 31.4 Å². The van der Waals surface area contributed by atoms with Crippen molar-refractivity contribution in [3.63, 3.8) is 0 Å². The molecule has 0 aromatic heterocycles. The first-order valence-electron chi connectivity index (χ1n) is 5.92. The summed E-state index contributed by atoms with van der Waals surface area (Å²) in [6.07, 6.45) is 3.06. The van der Waals surface area contributed by atoms with Gasteiger partial charge >= 0.3 is 0 Å². The van der Waals surface area contributed by atoms with Crippen molar-refractivity contribution in [3.8, 4) is 0 Å². The molecule has 17 heavy (non-hydrogen) atoms. The number of aliphatic hydroxyl groups is 1. The van der Waals surface area contributed by atoms with Crippen LogP contribution in [0.4, 0.5) is 0 Å². The molecule has 2 unspecified atom stereocenters. The number of nitrogens with one attached hydrogen (secondary N) is 1. The number of rotatable bonds is 7. The summed E-state index contributed by atoms with van der Waals surface area (Å²) in [6, 6.07) is 7.90. The second kappa shape index (κ2) is 7.49. The van der Waals surface area contributed by atoms with E-state index in [1.165, 1.54) is 0 Å². The summed E-state index contributed by atoms with van der Waals surface area (Å²) in [5, 5.41) is 13.7. The maximum atomic E-state index is 9.70. The van der Waals surface area contributed by atoms with Crippen molar-refractivity contribution in [2.24, 2.45) is 0 Å². The quantitative estimate of drug-likeness (QED) is 0.731. The molecule has 0 aliphatic heterocycles. The molecule has 0 saturated carbocycles. The molecular formula is C14H20ClNO. The molecule has 0 aliphatic carbocycles. The van der Waals surface area contributed by atoms with Crippen molar-refractivity contribution in [1.29, 1.82) is 0 Å². The Morgan fingerprint density at radius 2 is 2.18 bits per heavy atom. The first-order valence-corrected chi connectivity index (χ1v) is 6.29. The first-order chi connectivity index (χ1) is 8.15. The molecule has 0 spiro atoms. The van der Waals surface area contributed by atoms with Gasteiger partial charge in [-0.2, -0.15) is 0 Å². The van der Waals surface area contributed by atoms with E-state index in [9.17, 15) is 5.11 Å². The van der Waals surface area contributed by atoms with Crippen molar-refractivity contribution in [3.05, 3.63) is 47.5 Å². The van der Waals surface area contributed by atoms with Crippen LogP contribution in [0.3, 0.4) is 0 Å². The fraction of sp³-hybridized carbons (Fsp3) is 0.429. The molecule has 1 aromatic carbocycles. The Morgan fingerprint density at radius 1 is 1.47 bits per heavy atom. The lowest BCUT2D eigenvalue weighted by atomic mass is 10.1. The van der Waals surface area contributed by atoms with Crippen molar-refractivity contribution in [1.82, 2.24) is 5.32 Å². The monoisotopic (exact) mass is 253 g/mol. The number of hydrogen-bond donors (Lipinski definition) is 2. The van der Waals surface area contributed by atoms with E-state index in [1.54, 1.807) is 0 Å². The third kappa shape index (κ3) is 4.90. The number of halogens is 1. The predicted molar refractivity (Wildman–Crippen MR) is 73.3 cm³/mol. The number of allylic oxidation sites excluding steroid dienone is 1. The molecule has 2 nitrogen and oxygen atoms in total. The highest BCUT2D eigenvalue weighted by atomic mass is 35.5. The zero-order valence-electron chi connectivity index (χ0n) is 10.2. The smallest absolute Gasteiger partial charge is 0.0667 e. The van der Waals surface area contributed by atoms with Gasteiger partial charge < -0.3 is 10.4 Å². The van der Waals surface area contributed by atoms with E-state index >= 15 is 0 Å². The Hall–Kier alpha value is -0.830. The molecule has 0 heterocycles. The Balaban J connectivity index is 2.42. The van der Waals surface area contributed by atoms with Crippen LogP contribution in [0, 0.1) is 0 Å². The zero-order valence-corrected chi connectivity index (χ0v) is 11.0. The molecule has 2 atom stereocenters. The molecule has 0 amide bonds. The molecule has 94 valence electrons. The molecule has 2 N–H and O–H groups in total. The second-order valence-electron chi connectivity index (χ2n) is 4.17. The van der Waals surface area contributed by atoms with Crippen molar-refractivity contribution < 1.29 is 5.11 Å². The summed E-state index contributed by atoms with van der Waals surface area (Å²) in [4.78, 5) is 0. The Labute approximate surface area is 108 Å². The van der Waals surface area contributed by atoms with Crippen LogP contribution in [0.25, 0.3) is 0 Å². The van der Waals surface area contributed by atoms with Gasteiger partial charge in [-0.3, -0.25) is 0 Å². The lowest BCUT2D eigenvalue weighted by Crippen LogP contribution is -2.29.